The molecule has 1 N–H and O–H groups in total. The normalized spacial score (nSPS) is 14.7. The summed E-state index contributed by atoms with van der Waals surface area (Å²) in [5.41, 5.74) is 3.18. The number of pyridine rings is 2. The highest BCUT2D eigenvalue weighted by Gasteiger charge is 2.37. The topological polar surface area (TPSA) is 109 Å². The molecule has 4 aromatic rings. The molecule has 0 bridgehead atoms. The third-order valence-electron chi connectivity index (χ3n) is 6.96. The zero-order valence-corrected chi connectivity index (χ0v) is 20.6. The molecule has 2 aromatic heterocycles. The quantitative estimate of drug-likeness (QED) is 0.405. The molecule has 5 rings (SSSR count). The van der Waals surface area contributed by atoms with Gasteiger partial charge in [0.2, 0.25) is 0 Å². The van der Waals surface area contributed by atoms with Gasteiger partial charge in [0, 0.05) is 42.0 Å². The van der Waals surface area contributed by atoms with Crippen LogP contribution in [0.25, 0.3) is 22.0 Å². The van der Waals surface area contributed by atoms with E-state index in [9.17, 15) is 9.90 Å². The highest BCUT2D eigenvalue weighted by atomic mass is 16.5. The van der Waals surface area contributed by atoms with Crippen molar-refractivity contribution >= 4 is 22.7 Å². The first-order chi connectivity index (χ1) is 18.0. The van der Waals surface area contributed by atoms with Gasteiger partial charge in [-0.15, -0.1) is 0 Å². The van der Waals surface area contributed by atoms with Crippen LogP contribution >= 0.6 is 0 Å². The fraction of sp³-hybridized carbons (Fsp3) is 0.241. The van der Waals surface area contributed by atoms with Crippen molar-refractivity contribution in [3.05, 3.63) is 83.7 Å². The van der Waals surface area contributed by atoms with Crippen LogP contribution in [-0.2, 0) is 10.3 Å². The van der Waals surface area contributed by atoms with E-state index in [4.69, 9.17) is 19.7 Å². The highest BCUT2D eigenvalue weighted by Crippen LogP contribution is 2.43. The number of carbonyl (C=O) groups is 1. The maximum atomic E-state index is 11.7. The number of aliphatic hydroxyl groups is 1. The number of carbonyl (C=O) groups excluding carboxylic acids is 1. The molecule has 37 heavy (non-hydrogen) atoms. The van der Waals surface area contributed by atoms with Gasteiger partial charge in [0.05, 0.1) is 42.5 Å². The molecule has 0 aliphatic carbocycles. The second-order valence-electron chi connectivity index (χ2n) is 9.01. The van der Waals surface area contributed by atoms with Crippen molar-refractivity contribution in [1.82, 2.24) is 9.97 Å². The second-order valence-corrected chi connectivity index (χ2v) is 9.01. The van der Waals surface area contributed by atoms with Crippen LogP contribution in [0.15, 0.2) is 67.0 Å². The van der Waals surface area contributed by atoms with Gasteiger partial charge in [-0.25, -0.2) is 9.78 Å². The number of hydrogen-bond donors (Lipinski definition) is 1. The van der Waals surface area contributed by atoms with Crippen LogP contribution in [0.2, 0.25) is 0 Å². The summed E-state index contributed by atoms with van der Waals surface area (Å²) in [5, 5.41) is 21.6. The summed E-state index contributed by atoms with van der Waals surface area (Å²) in [5.74, 6) is 0.924. The number of aromatic nitrogens is 2. The van der Waals surface area contributed by atoms with Crippen molar-refractivity contribution in [3.63, 3.8) is 0 Å². The van der Waals surface area contributed by atoms with Gasteiger partial charge >= 0.3 is 5.97 Å². The highest BCUT2D eigenvalue weighted by molar-refractivity contribution is 5.97. The number of benzene rings is 2. The molecule has 1 aliphatic heterocycles. The van der Waals surface area contributed by atoms with Gasteiger partial charge in [-0.2, -0.15) is 5.26 Å². The average molecular weight is 495 g/mol. The number of ether oxygens (including phenoxy) is 2. The van der Waals surface area contributed by atoms with E-state index in [0.29, 0.717) is 48.4 Å². The number of anilines is 1. The molecule has 1 aliphatic rings. The summed E-state index contributed by atoms with van der Waals surface area (Å²) < 4.78 is 10.6. The van der Waals surface area contributed by atoms with Crippen LogP contribution in [0.1, 0.15) is 34.3 Å². The molecule has 186 valence electrons. The number of rotatable bonds is 5. The molecular weight excluding hydrogens is 468 g/mol. The molecule has 0 radical (unpaired) electrons. The Morgan fingerprint density at radius 2 is 1.78 bits per heavy atom. The monoisotopic (exact) mass is 494 g/mol. The molecule has 8 heteroatoms. The Bertz CT molecular complexity index is 1490. The Balaban J connectivity index is 1.43. The van der Waals surface area contributed by atoms with E-state index in [1.807, 2.05) is 30.3 Å². The van der Waals surface area contributed by atoms with E-state index >= 15 is 0 Å². The largest absolute Gasteiger partial charge is 0.496 e. The molecule has 3 heterocycles. The molecule has 0 saturated carbocycles. The Morgan fingerprint density at radius 3 is 2.41 bits per heavy atom. The Labute approximate surface area is 214 Å². The molecule has 1 fully saturated rings. The number of fused-ring (bicyclic) bond motifs is 1. The van der Waals surface area contributed by atoms with E-state index in [2.05, 4.69) is 16.0 Å². The smallest absolute Gasteiger partial charge is 0.339 e. The predicted octanol–water partition coefficient (Wildman–Crippen LogP) is 4.45. The first-order valence-corrected chi connectivity index (χ1v) is 12.0. The number of methoxy groups -OCH3 is 2. The van der Waals surface area contributed by atoms with Crippen LogP contribution in [0.4, 0.5) is 5.82 Å². The van der Waals surface area contributed by atoms with Crippen molar-refractivity contribution in [1.29, 1.82) is 5.26 Å². The lowest BCUT2D eigenvalue weighted by Gasteiger charge is -2.39. The molecule has 0 atom stereocenters. The van der Waals surface area contributed by atoms with Gasteiger partial charge in [-0.3, -0.25) is 4.98 Å². The van der Waals surface area contributed by atoms with Crippen LogP contribution < -0.4 is 9.64 Å². The molecular formula is C29H26N4O4. The summed E-state index contributed by atoms with van der Waals surface area (Å²) in [6.07, 6.45) is 4.15. The Morgan fingerprint density at radius 1 is 1.03 bits per heavy atom. The summed E-state index contributed by atoms with van der Waals surface area (Å²) in [6, 6.07) is 18.9. The zero-order chi connectivity index (χ0) is 26.0. The fourth-order valence-electron chi connectivity index (χ4n) is 4.89. The van der Waals surface area contributed by atoms with E-state index in [1.165, 1.54) is 13.3 Å². The fourth-order valence-corrected chi connectivity index (χ4v) is 4.89. The summed E-state index contributed by atoms with van der Waals surface area (Å²) in [4.78, 5) is 22.9. The molecule has 2 aromatic carbocycles. The lowest BCUT2D eigenvalue weighted by Crippen LogP contribution is -2.43. The van der Waals surface area contributed by atoms with Crippen molar-refractivity contribution in [2.24, 2.45) is 0 Å². The minimum absolute atomic E-state index is 0.395. The summed E-state index contributed by atoms with van der Waals surface area (Å²) >= 11 is 0. The van der Waals surface area contributed by atoms with Gasteiger partial charge in [-0.1, -0.05) is 24.3 Å². The maximum absolute atomic E-state index is 11.7. The summed E-state index contributed by atoms with van der Waals surface area (Å²) in [6.45, 7) is 1.15. The number of piperidine rings is 1. The van der Waals surface area contributed by atoms with Crippen LogP contribution in [0, 0.1) is 11.3 Å². The Hall–Kier alpha value is -4.48. The number of esters is 1. The average Bonchev–Trinajstić information content (AvgIpc) is 2.96. The van der Waals surface area contributed by atoms with Gasteiger partial charge in [0.1, 0.15) is 11.6 Å². The van der Waals surface area contributed by atoms with Gasteiger partial charge in [-0.05, 0) is 48.7 Å². The van der Waals surface area contributed by atoms with Crippen molar-refractivity contribution < 1.29 is 19.4 Å². The Kier molecular flexibility index (Phi) is 6.47. The number of para-hydroxylation sites is 1. The van der Waals surface area contributed by atoms with Crippen molar-refractivity contribution in [2.75, 3.05) is 32.2 Å². The van der Waals surface area contributed by atoms with Crippen molar-refractivity contribution in [2.45, 2.75) is 18.4 Å². The zero-order valence-electron chi connectivity index (χ0n) is 20.6. The van der Waals surface area contributed by atoms with E-state index < -0.39 is 11.6 Å². The first-order valence-electron chi connectivity index (χ1n) is 12.0. The third kappa shape index (κ3) is 4.46. The number of nitrogens with zero attached hydrogens (tertiary/aromatic N) is 4. The van der Waals surface area contributed by atoms with Gasteiger partial charge in [0.25, 0.3) is 0 Å². The van der Waals surface area contributed by atoms with Gasteiger partial charge < -0.3 is 19.5 Å². The van der Waals surface area contributed by atoms with Crippen molar-refractivity contribution in [3.8, 4) is 22.9 Å². The second kappa shape index (κ2) is 9.88. The minimum atomic E-state index is -1.11. The first kappa shape index (κ1) is 24.2. The third-order valence-corrected chi connectivity index (χ3v) is 6.96. The van der Waals surface area contributed by atoms with Crippen LogP contribution in [0.5, 0.6) is 5.75 Å². The lowest BCUT2D eigenvalue weighted by atomic mass is 9.83. The number of hydrogen-bond acceptors (Lipinski definition) is 8. The minimum Gasteiger partial charge on any atom is -0.496 e. The lowest BCUT2D eigenvalue weighted by molar-refractivity contribution is 0.00945. The molecule has 0 amide bonds. The van der Waals surface area contributed by atoms with E-state index in [0.717, 1.165) is 27.8 Å². The number of nitriles is 1. The van der Waals surface area contributed by atoms with Crippen LogP contribution in [0.3, 0.4) is 0 Å². The van der Waals surface area contributed by atoms with Gasteiger partial charge in [0.15, 0.2) is 0 Å². The van der Waals surface area contributed by atoms with E-state index in [1.54, 1.807) is 37.6 Å². The molecule has 0 spiro atoms. The molecule has 0 unspecified atom stereocenters. The molecule has 8 nitrogen and oxygen atoms in total. The maximum Gasteiger partial charge on any atom is 0.339 e. The van der Waals surface area contributed by atoms with E-state index in [-0.39, 0.29) is 0 Å². The molecule has 1 saturated heterocycles. The predicted molar refractivity (Wildman–Crippen MR) is 139 cm³/mol. The SMILES string of the molecule is COC(=O)c1ccc(N2CCC(O)(c3cnc4c(-c5ccc(C#N)cc5)cccc4c3OC)CC2)nc1. The summed E-state index contributed by atoms with van der Waals surface area (Å²) in [7, 11) is 2.95. The van der Waals surface area contributed by atoms with Crippen LogP contribution in [-0.4, -0.2) is 48.4 Å². The standard InChI is InChI=1S/C29H26N4O4/c1-36-27-23-5-3-4-22(20-8-6-19(16-30)7-9-20)26(23)32-18-24(27)29(35)12-14-33(15-13-29)25-11-10-21(17-31-25)28(34)37-2/h3-11,17-18,35H,12-15H2,1-2H3.